The first-order valence-corrected chi connectivity index (χ1v) is 5.98. The van der Waals surface area contributed by atoms with Gasteiger partial charge in [-0.05, 0) is 17.8 Å². The summed E-state index contributed by atoms with van der Waals surface area (Å²) in [6, 6.07) is -1.25. The Labute approximate surface area is 103 Å². The monoisotopic (exact) mass is 244 g/mol. The average molecular weight is 244 g/mol. The molecule has 0 rings (SSSR count). The molecule has 1 unspecified atom stereocenters. The zero-order valence-electron chi connectivity index (χ0n) is 11.3. The SMILES string of the molecule is CCC(NC(=O)NCC(C)(C)C(C)C)C(=O)O. The van der Waals surface area contributed by atoms with Crippen LogP contribution in [0.4, 0.5) is 4.79 Å². The summed E-state index contributed by atoms with van der Waals surface area (Å²) >= 11 is 0. The Hall–Kier alpha value is -1.26. The number of carbonyl (C=O) groups is 2. The summed E-state index contributed by atoms with van der Waals surface area (Å²) in [6.45, 7) is 10.5. The van der Waals surface area contributed by atoms with E-state index in [1.165, 1.54) is 0 Å². The fourth-order valence-corrected chi connectivity index (χ4v) is 1.06. The highest BCUT2D eigenvalue weighted by Gasteiger charge is 2.24. The van der Waals surface area contributed by atoms with E-state index in [4.69, 9.17) is 5.11 Å². The van der Waals surface area contributed by atoms with Gasteiger partial charge in [0.2, 0.25) is 0 Å². The molecule has 0 aliphatic rings. The summed E-state index contributed by atoms with van der Waals surface area (Å²) in [7, 11) is 0. The van der Waals surface area contributed by atoms with Gasteiger partial charge < -0.3 is 15.7 Å². The highest BCUT2D eigenvalue weighted by Crippen LogP contribution is 2.24. The van der Waals surface area contributed by atoms with E-state index in [0.29, 0.717) is 18.9 Å². The molecule has 0 aliphatic carbocycles. The fraction of sp³-hybridized carbons (Fsp3) is 0.833. The van der Waals surface area contributed by atoms with E-state index in [9.17, 15) is 9.59 Å². The minimum absolute atomic E-state index is 0.0116. The maximum atomic E-state index is 11.5. The number of carbonyl (C=O) groups excluding carboxylic acids is 1. The molecule has 0 aromatic heterocycles. The minimum Gasteiger partial charge on any atom is -0.480 e. The van der Waals surface area contributed by atoms with Crippen molar-refractivity contribution >= 4 is 12.0 Å². The van der Waals surface area contributed by atoms with E-state index in [0.717, 1.165) is 0 Å². The lowest BCUT2D eigenvalue weighted by molar-refractivity contribution is -0.139. The van der Waals surface area contributed by atoms with Crippen LogP contribution in [0.25, 0.3) is 0 Å². The molecule has 1 atom stereocenters. The fourth-order valence-electron chi connectivity index (χ4n) is 1.06. The van der Waals surface area contributed by atoms with Crippen LogP contribution in [-0.4, -0.2) is 29.7 Å². The molecule has 17 heavy (non-hydrogen) atoms. The van der Waals surface area contributed by atoms with Crippen LogP contribution in [0.15, 0.2) is 0 Å². The Morgan fingerprint density at radius 1 is 1.29 bits per heavy atom. The molecule has 0 bridgehead atoms. The smallest absolute Gasteiger partial charge is 0.326 e. The topological polar surface area (TPSA) is 78.4 Å². The number of urea groups is 1. The van der Waals surface area contributed by atoms with E-state index in [-0.39, 0.29) is 5.41 Å². The van der Waals surface area contributed by atoms with Crippen molar-refractivity contribution in [1.29, 1.82) is 0 Å². The normalized spacial score (nSPS) is 13.3. The van der Waals surface area contributed by atoms with Crippen molar-refractivity contribution in [3.05, 3.63) is 0 Å². The van der Waals surface area contributed by atoms with Crippen molar-refractivity contribution in [2.75, 3.05) is 6.54 Å². The van der Waals surface area contributed by atoms with Crippen molar-refractivity contribution in [2.45, 2.75) is 47.1 Å². The molecular formula is C12H24N2O3. The summed E-state index contributed by atoms with van der Waals surface area (Å²) in [5.41, 5.74) is -0.0116. The maximum absolute atomic E-state index is 11.5. The zero-order valence-corrected chi connectivity index (χ0v) is 11.3. The molecule has 100 valence electrons. The van der Waals surface area contributed by atoms with Gasteiger partial charge in [0.1, 0.15) is 6.04 Å². The Kier molecular flexibility index (Phi) is 5.99. The standard InChI is InChI=1S/C12H24N2O3/c1-6-9(10(15)16)14-11(17)13-7-12(4,5)8(2)3/h8-9H,6-7H2,1-5H3,(H,15,16)(H2,13,14,17). The van der Waals surface area contributed by atoms with E-state index in [1.54, 1.807) is 6.92 Å². The van der Waals surface area contributed by atoms with Gasteiger partial charge in [0, 0.05) is 6.54 Å². The van der Waals surface area contributed by atoms with Crippen LogP contribution in [-0.2, 0) is 4.79 Å². The van der Waals surface area contributed by atoms with Crippen LogP contribution in [0.1, 0.15) is 41.0 Å². The Balaban J connectivity index is 4.16. The van der Waals surface area contributed by atoms with Gasteiger partial charge in [-0.15, -0.1) is 0 Å². The highest BCUT2D eigenvalue weighted by atomic mass is 16.4. The molecule has 0 saturated heterocycles. The lowest BCUT2D eigenvalue weighted by atomic mass is 9.81. The molecule has 2 amide bonds. The van der Waals surface area contributed by atoms with Gasteiger partial charge in [0.15, 0.2) is 0 Å². The number of rotatable bonds is 6. The van der Waals surface area contributed by atoms with Crippen LogP contribution >= 0.6 is 0 Å². The first kappa shape index (κ1) is 15.7. The number of amides is 2. The van der Waals surface area contributed by atoms with Crippen LogP contribution in [0.2, 0.25) is 0 Å². The molecule has 0 radical (unpaired) electrons. The molecule has 0 aliphatic heterocycles. The second-order valence-electron chi connectivity index (χ2n) is 5.27. The molecule has 0 saturated carbocycles. The number of carboxylic acid groups (broad SMARTS) is 1. The van der Waals surface area contributed by atoms with Gasteiger partial charge >= 0.3 is 12.0 Å². The van der Waals surface area contributed by atoms with Crippen LogP contribution in [0, 0.1) is 11.3 Å². The Morgan fingerprint density at radius 2 is 1.82 bits per heavy atom. The molecule has 0 fully saturated rings. The molecule has 0 aromatic rings. The average Bonchev–Trinajstić information content (AvgIpc) is 2.22. The molecule has 5 heteroatoms. The van der Waals surface area contributed by atoms with Crippen molar-refractivity contribution in [3.8, 4) is 0 Å². The largest absolute Gasteiger partial charge is 0.480 e. The van der Waals surface area contributed by atoms with Gasteiger partial charge in [-0.25, -0.2) is 9.59 Å². The van der Waals surface area contributed by atoms with Crippen LogP contribution in [0.5, 0.6) is 0 Å². The number of carboxylic acids is 1. The molecule has 3 N–H and O–H groups in total. The minimum atomic E-state index is -1.01. The van der Waals surface area contributed by atoms with E-state index in [2.05, 4.69) is 38.3 Å². The van der Waals surface area contributed by atoms with Gasteiger partial charge in [0.05, 0.1) is 0 Å². The second-order valence-corrected chi connectivity index (χ2v) is 5.27. The number of hydrogen-bond acceptors (Lipinski definition) is 2. The van der Waals surface area contributed by atoms with E-state index >= 15 is 0 Å². The third-order valence-electron chi connectivity index (χ3n) is 3.28. The Bertz CT molecular complexity index is 275. The van der Waals surface area contributed by atoms with E-state index in [1.807, 2.05) is 0 Å². The van der Waals surface area contributed by atoms with Gasteiger partial charge in [-0.3, -0.25) is 0 Å². The molecule has 0 aromatic carbocycles. The van der Waals surface area contributed by atoms with Gasteiger partial charge in [-0.2, -0.15) is 0 Å². The number of nitrogens with one attached hydrogen (secondary N) is 2. The van der Waals surface area contributed by atoms with Crippen molar-refractivity contribution in [1.82, 2.24) is 10.6 Å². The van der Waals surface area contributed by atoms with Crippen molar-refractivity contribution in [2.24, 2.45) is 11.3 Å². The maximum Gasteiger partial charge on any atom is 0.326 e. The number of hydrogen-bond donors (Lipinski definition) is 3. The summed E-state index contributed by atoms with van der Waals surface area (Å²) < 4.78 is 0. The second kappa shape index (κ2) is 6.47. The highest BCUT2D eigenvalue weighted by molar-refractivity contribution is 5.82. The molecule has 0 spiro atoms. The first-order chi connectivity index (χ1) is 7.70. The van der Waals surface area contributed by atoms with Gasteiger partial charge in [0.25, 0.3) is 0 Å². The Morgan fingerprint density at radius 3 is 2.18 bits per heavy atom. The first-order valence-electron chi connectivity index (χ1n) is 5.98. The third kappa shape index (κ3) is 5.56. The van der Waals surface area contributed by atoms with Crippen LogP contribution in [0.3, 0.4) is 0 Å². The summed E-state index contributed by atoms with van der Waals surface area (Å²) in [6.07, 6.45) is 0.371. The molecule has 5 nitrogen and oxygen atoms in total. The van der Waals surface area contributed by atoms with E-state index < -0.39 is 18.0 Å². The third-order valence-corrected chi connectivity index (χ3v) is 3.28. The quantitative estimate of drug-likeness (QED) is 0.667. The molecular weight excluding hydrogens is 220 g/mol. The molecule has 0 heterocycles. The van der Waals surface area contributed by atoms with Crippen LogP contribution < -0.4 is 10.6 Å². The lowest BCUT2D eigenvalue weighted by Crippen LogP contribution is -2.48. The summed E-state index contributed by atoms with van der Waals surface area (Å²) in [5.74, 6) is -0.574. The van der Waals surface area contributed by atoms with Gasteiger partial charge in [-0.1, -0.05) is 34.6 Å². The summed E-state index contributed by atoms with van der Waals surface area (Å²) in [4.78, 5) is 22.2. The predicted molar refractivity (Wildman–Crippen MR) is 66.9 cm³/mol. The number of aliphatic carboxylic acids is 1. The predicted octanol–water partition coefficient (Wildman–Crippen LogP) is 1.83. The lowest BCUT2D eigenvalue weighted by Gasteiger charge is -2.29. The van der Waals surface area contributed by atoms with Crippen molar-refractivity contribution in [3.63, 3.8) is 0 Å². The van der Waals surface area contributed by atoms with Crippen molar-refractivity contribution < 1.29 is 14.7 Å². The zero-order chi connectivity index (χ0) is 13.6. The summed E-state index contributed by atoms with van der Waals surface area (Å²) in [5, 5.41) is 13.9.